The van der Waals surface area contributed by atoms with Crippen LogP contribution in [-0.2, 0) is 32.1 Å². The fourth-order valence-electron chi connectivity index (χ4n) is 6.30. The number of hydrogen-bond donors (Lipinski definition) is 3. The molecule has 3 amide bonds. The maximum Gasteiger partial charge on any atom is 0.329 e. The number of alkyl halides is 1. The first-order chi connectivity index (χ1) is 26.0. The molecule has 2 aliphatic heterocycles. The number of halogens is 1. The number of hydrogen-bond acceptors (Lipinski definition) is 12. The lowest BCUT2D eigenvalue weighted by Crippen LogP contribution is -2.44. The van der Waals surface area contributed by atoms with E-state index in [-0.39, 0.29) is 62.3 Å². The second kappa shape index (κ2) is 19.0. The van der Waals surface area contributed by atoms with Gasteiger partial charge in [-0.3, -0.25) is 19.1 Å². The van der Waals surface area contributed by atoms with Gasteiger partial charge in [0.1, 0.15) is 30.3 Å². The van der Waals surface area contributed by atoms with Crippen LogP contribution in [0.3, 0.4) is 0 Å². The summed E-state index contributed by atoms with van der Waals surface area (Å²) in [7, 11) is 0. The van der Waals surface area contributed by atoms with E-state index in [0.29, 0.717) is 36.5 Å². The van der Waals surface area contributed by atoms with E-state index < -0.39 is 48.1 Å². The highest BCUT2D eigenvalue weighted by Crippen LogP contribution is 2.27. The summed E-state index contributed by atoms with van der Waals surface area (Å²) >= 11 is 0. The number of esters is 1. The van der Waals surface area contributed by atoms with E-state index in [1.807, 2.05) is 13.8 Å². The SMILES string of the molecule is CC1=C\C(O)CC(F)Cc2nc(co2)C(=O)N2CCCC2C(=O)OC(C(C)C)C(CC(=O)NCCn2cc(-c3ncccn3)nn2)/C=C/C(=O)NC\C=C\1. The van der Waals surface area contributed by atoms with Crippen molar-refractivity contribution >= 4 is 23.7 Å². The summed E-state index contributed by atoms with van der Waals surface area (Å²) in [5.41, 5.74) is 1.07. The molecule has 16 nitrogen and oxygen atoms in total. The Morgan fingerprint density at radius 1 is 1.17 bits per heavy atom. The van der Waals surface area contributed by atoms with Crippen molar-refractivity contribution in [3.05, 3.63) is 78.5 Å². The lowest BCUT2D eigenvalue weighted by Gasteiger charge is -2.30. The highest BCUT2D eigenvalue weighted by atomic mass is 19.1. The second-order valence-corrected chi connectivity index (χ2v) is 13.6. The summed E-state index contributed by atoms with van der Waals surface area (Å²) in [6.07, 6.45) is 10.6. The Hall–Kier alpha value is -5.58. The molecule has 17 heteroatoms. The third-order valence-electron chi connectivity index (χ3n) is 8.92. The van der Waals surface area contributed by atoms with E-state index in [1.165, 1.54) is 17.1 Å². The third-order valence-corrected chi connectivity index (χ3v) is 8.92. The first-order valence-electron chi connectivity index (χ1n) is 18.0. The van der Waals surface area contributed by atoms with Crippen molar-refractivity contribution in [3.63, 3.8) is 0 Å². The van der Waals surface area contributed by atoms with E-state index in [4.69, 9.17) is 9.15 Å². The first-order valence-corrected chi connectivity index (χ1v) is 18.0. The average molecular weight is 748 g/mol. The van der Waals surface area contributed by atoms with Gasteiger partial charge in [0.25, 0.3) is 5.91 Å². The van der Waals surface area contributed by atoms with E-state index in [2.05, 4.69) is 35.9 Å². The van der Waals surface area contributed by atoms with Crippen molar-refractivity contribution in [2.24, 2.45) is 11.8 Å². The van der Waals surface area contributed by atoms with Gasteiger partial charge in [0.2, 0.25) is 11.8 Å². The number of aliphatic hydroxyl groups excluding tert-OH is 1. The zero-order chi connectivity index (χ0) is 38.6. The molecule has 3 N–H and O–H groups in total. The van der Waals surface area contributed by atoms with Gasteiger partial charge in [0.05, 0.1) is 25.3 Å². The number of nitrogens with one attached hydrogen (secondary N) is 2. The van der Waals surface area contributed by atoms with Crippen LogP contribution in [0.1, 0.15) is 62.8 Å². The van der Waals surface area contributed by atoms with Gasteiger partial charge in [-0.1, -0.05) is 48.9 Å². The molecule has 1 fully saturated rings. The number of fused-ring (bicyclic) bond motifs is 3. The maximum atomic E-state index is 14.8. The maximum absolute atomic E-state index is 14.8. The van der Waals surface area contributed by atoms with Crippen LogP contribution in [-0.4, -0.2) is 108 Å². The monoisotopic (exact) mass is 747 g/mol. The van der Waals surface area contributed by atoms with E-state index >= 15 is 0 Å². The van der Waals surface area contributed by atoms with Crippen molar-refractivity contribution in [2.75, 3.05) is 19.6 Å². The van der Waals surface area contributed by atoms with Crippen molar-refractivity contribution in [2.45, 2.75) is 83.8 Å². The van der Waals surface area contributed by atoms with Gasteiger partial charge < -0.3 is 29.8 Å². The topological polar surface area (TPSA) is 208 Å². The minimum Gasteiger partial charge on any atom is -0.460 e. The highest BCUT2D eigenvalue weighted by molar-refractivity contribution is 5.95. The van der Waals surface area contributed by atoms with Gasteiger partial charge >= 0.3 is 5.97 Å². The van der Waals surface area contributed by atoms with Crippen molar-refractivity contribution in [3.8, 4) is 11.5 Å². The number of allylic oxidation sites excluding steroid dienone is 2. The molecule has 5 heterocycles. The van der Waals surface area contributed by atoms with Crippen LogP contribution in [0.5, 0.6) is 0 Å². The van der Waals surface area contributed by atoms with Crippen LogP contribution < -0.4 is 10.6 Å². The number of cyclic esters (lactones) is 1. The molecule has 2 bridgehead atoms. The predicted octanol–water partition coefficient (Wildman–Crippen LogP) is 2.54. The van der Waals surface area contributed by atoms with Crippen LogP contribution in [0, 0.1) is 11.8 Å². The Morgan fingerprint density at radius 2 is 1.96 bits per heavy atom. The molecular formula is C37H46FN9O7. The Kier molecular flexibility index (Phi) is 13.9. The number of rotatable bonds is 7. The lowest BCUT2D eigenvalue weighted by atomic mass is 9.89. The van der Waals surface area contributed by atoms with Crippen LogP contribution in [0.4, 0.5) is 4.39 Å². The van der Waals surface area contributed by atoms with Gasteiger partial charge in [-0.15, -0.1) is 5.10 Å². The molecule has 5 rings (SSSR count). The molecule has 0 spiro atoms. The summed E-state index contributed by atoms with van der Waals surface area (Å²) in [6, 6.07) is 0.767. The summed E-state index contributed by atoms with van der Waals surface area (Å²) < 4.78 is 27.9. The predicted molar refractivity (Wildman–Crippen MR) is 192 cm³/mol. The number of oxazole rings is 1. The number of amides is 3. The zero-order valence-corrected chi connectivity index (χ0v) is 30.5. The molecule has 3 aromatic heterocycles. The zero-order valence-electron chi connectivity index (χ0n) is 30.5. The minimum atomic E-state index is -1.50. The molecule has 0 aromatic carbocycles. The Balaban J connectivity index is 1.32. The van der Waals surface area contributed by atoms with Crippen molar-refractivity contribution in [1.82, 2.24) is 45.5 Å². The number of nitrogens with zero attached hydrogens (tertiary/aromatic N) is 7. The number of aliphatic hydroxyl groups is 1. The molecule has 3 aromatic rings. The number of carbonyl (C=O) groups is 4. The fraction of sp³-hybridized carbons (Fsp3) is 0.486. The molecular weight excluding hydrogens is 701 g/mol. The molecule has 1 saturated heterocycles. The van der Waals surface area contributed by atoms with Gasteiger partial charge in [-0.25, -0.2) is 24.1 Å². The van der Waals surface area contributed by atoms with E-state index in [9.17, 15) is 28.7 Å². The van der Waals surface area contributed by atoms with E-state index in [1.54, 1.807) is 54.5 Å². The number of ether oxygens (including phenoxy) is 1. The normalized spacial score (nSPS) is 25.6. The molecule has 2 aliphatic rings. The highest BCUT2D eigenvalue weighted by Gasteiger charge is 2.39. The standard InChI is InChI=1S/C37H46FN9O7/c1-23(2)34-25(18-32(50)40-14-16-46-21-28(44-45-46)35-41-12-6-13-42-35)9-10-31(49)39-11-4-7-24(3)17-27(48)19-26(38)20-33-43-29(22-53-33)36(51)47-15-5-8-30(47)37(52)54-34/h4,6-7,9-10,12-13,17,21-23,25-27,30,34,48H,5,8,11,14-16,18-20H2,1-3H3,(H,39,49)(H,40,50)/b7-4+,10-9+,24-17+. The smallest absolute Gasteiger partial charge is 0.329 e. The van der Waals surface area contributed by atoms with Gasteiger partial charge in [0, 0.05) is 50.8 Å². The minimum absolute atomic E-state index is 0.00768. The molecule has 288 valence electrons. The van der Waals surface area contributed by atoms with Crippen LogP contribution in [0.2, 0.25) is 0 Å². The van der Waals surface area contributed by atoms with Crippen molar-refractivity contribution < 1.29 is 37.8 Å². The van der Waals surface area contributed by atoms with Gasteiger partial charge in [0.15, 0.2) is 17.4 Å². The van der Waals surface area contributed by atoms with Crippen LogP contribution >= 0.6 is 0 Å². The molecule has 0 radical (unpaired) electrons. The molecule has 54 heavy (non-hydrogen) atoms. The Bertz CT molecular complexity index is 1840. The summed E-state index contributed by atoms with van der Waals surface area (Å²) in [5, 5.41) is 24.2. The third kappa shape index (κ3) is 11.2. The van der Waals surface area contributed by atoms with Gasteiger partial charge in [-0.2, -0.15) is 0 Å². The van der Waals surface area contributed by atoms with Crippen LogP contribution in [0.15, 0.2) is 71.3 Å². The average Bonchev–Trinajstić information content (AvgIpc) is 3.92. The quantitative estimate of drug-likeness (QED) is 0.298. The summed E-state index contributed by atoms with van der Waals surface area (Å²) in [6.45, 7) is 6.36. The first kappa shape index (κ1) is 39.6. The van der Waals surface area contributed by atoms with E-state index in [0.717, 1.165) is 6.26 Å². The molecule has 0 aliphatic carbocycles. The number of aromatic nitrogens is 6. The Morgan fingerprint density at radius 3 is 2.74 bits per heavy atom. The lowest BCUT2D eigenvalue weighted by molar-refractivity contribution is -0.159. The molecule has 0 saturated carbocycles. The fourth-order valence-corrected chi connectivity index (χ4v) is 6.30. The Labute approximate surface area is 312 Å². The summed E-state index contributed by atoms with van der Waals surface area (Å²) in [5.74, 6) is -2.59. The number of carbonyl (C=O) groups excluding carboxylic acids is 4. The van der Waals surface area contributed by atoms with Crippen LogP contribution in [0.25, 0.3) is 11.5 Å². The molecule has 5 unspecified atom stereocenters. The summed E-state index contributed by atoms with van der Waals surface area (Å²) in [4.78, 5) is 67.3. The largest absolute Gasteiger partial charge is 0.460 e. The van der Waals surface area contributed by atoms with Crippen molar-refractivity contribution in [1.29, 1.82) is 0 Å². The second-order valence-electron chi connectivity index (χ2n) is 13.6. The van der Waals surface area contributed by atoms with Gasteiger partial charge in [-0.05, 0) is 37.8 Å². The molecule has 5 atom stereocenters.